The molecular formula is C6H15NO4S2. The maximum atomic E-state index is 11.1. The number of rotatable bonds is 4. The number of sulfonamides is 2. The van der Waals surface area contributed by atoms with Gasteiger partial charge >= 0.3 is 0 Å². The molecule has 0 amide bonds. The number of hydrogen-bond acceptors (Lipinski definition) is 4. The molecule has 0 aromatic carbocycles. The lowest BCUT2D eigenvalue weighted by Gasteiger charge is -2.23. The highest BCUT2D eigenvalue weighted by Crippen LogP contribution is 2.13. The van der Waals surface area contributed by atoms with Crippen molar-refractivity contribution in [1.82, 2.24) is 3.71 Å². The van der Waals surface area contributed by atoms with Crippen LogP contribution in [0.2, 0.25) is 0 Å². The van der Waals surface area contributed by atoms with Gasteiger partial charge in [0.2, 0.25) is 20.0 Å². The Morgan fingerprint density at radius 3 is 1.46 bits per heavy atom. The molecule has 80 valence electrons. The highest BCUT2D eigenvalue weighted by molar-refractivity contribution is 8.03. The van der Waals surface area contributed by atoms with Crippen molar-refractivity contribution in [2.24, 2.45) is 0 Å². The Bertz CT molecular complexity index is 324. The van der Waals surface area contributed by atoms with Crippen molar-refractivity contribution in [3.05, 3.63) is 0 Å². The monoisotopic (exact) mass is 229 g/mol. The molecule has 0 bridgehead atoms. The van der Waals surface area contributed by atoms with Gasteiger partial charge in [0.05, 0.1) is 12.5 Å². The number of nitrogens with zero attached hydrogens (tertiary/aromatic N) is 1. The second kappa shape index (κ2) is 3.93. The summed E-state index contributed by atoms with van der Waals surface area (Å²) in [6.07, 6.45) is 2.24. The van der Waals surface area contributed by atoms with Crippen LogP contribution in [0, 0.1) is 0 Å². The first-order valence-corrected chi connectivity index (χ1v) is 7.50. The summed E-state index contributed by atoms with van der Waals surface area (Å²) in [5, 5.41) is 0. The van der Waals surface area contributed by atoms with Gasteiger partial charge in [0.15, 0.2) is 0 Å². The molecule has 0 aromatic heterocycles. The van der Waals surface area contributed by atoms with Crippen molar-refractivity contribution in [2.45, 2.75) is 26.3 Å². The third-order valence-electron chi connectivity index (χ3n) is 1.60. The maximum absolute atomic E-state index is 11.1. The molecule has 13 heavy (non-hydrogen) atoms. The second-order valence-electron chi connectivity index (χ2n) is 3.01. The molecule has 5 nitrogen and oxygen atoms in total. The van der Waals surface area contributed by atoms with Crippen LogP contribution in [-0.4, -0.2) is 39.1 Å². The minimum absolute atomic E-state index is 0.458. The molecular weight excluding hydrogens is 214 g/mol. The van der Waals surface area contributed by atoms with Gasteiger partial charge in [-0.25, -0.2) is 16.8 Å². The SMILES string of the molecule is CC[C@H](C)N(S(C)(=O)=O)S(C)(=O)=O. The van der Waals surface area contributed by atoms with E-state index in [4.69, 9.17) is 0 Å². The van der Waals surface area contributed by atoms with Gasteiger partial charge in [0.1, 0.15) is 0 Å². The predicted molar refractivity (Wildman–Crippen MR) is 51.3 cm³/mol. The Morgan fingerprint density at radius 1 is 1.08 bits per heavy atom. The molecule has 0 rings (SSSR count). The smallest absolute Gasteiger partial charge is 0.212 e. The average molecular weight is 229 g/mol. The third-order valence-corrected chi connectivity index (χ3v) is 5.26. The average Bonchev–Trinajstić information content (AvgIpc) is 1.80. The highest BCUT2D eigenvalue weighted by Gasteiger charge is 2.30. The predicted octanol–water partition coefficient (Wildman–Crippen LogP) is 0.00610. The minimum Gasteiger partial charge on any atom is -0.212 e. The lowest BCUT2D eigenvalue weighted by Crippen LogP contribution is -2.41. The van der Waals surface area contributed by atoms with E-state index in [-0.39, 0.29) is 0 Å². The van der Waals surface area contributed by atoms with E-state index >= 15 is 0 Å². The molecule has 0 aliphatic carbocycles. The summed E-state index contributed by atoms with van der Waals surface area (Å²) >= 11 is 0. The van der Waals surface area contributed by atoms with Crippen molar-refractivity contribution < 1.29 is 16.8 Å². The van der Waals surface area contributed by atoms with E-state index in [0.29, 0.717) is 10.1 Å². The van der Waals surface area contributed by atoms with E-state index in [9.17, 15) is 16.8 Å². The van der Waals surface area contributed by atoms with Crippen molar-refractivity contribution >= 4 is 20.0 Å². The van der Waals surface area contributed by atoms with Crippen molar-refractivity contribution in [3.8, 4) is 0 Å². The Kier molecular flexibility index (Phi) is 3.89. The Morgan fingerprint density at radius 2 is 1.38 bits per heavy atom. The molecule has 0 saturated heterocycles. The molecule has 0 aromatic rings. The fourth-order valence-electron chi connectivity index (χ4n) is 1.05. The minimum atomic E-state index is -3.69. The molecule has 0 N–H and O–H groups in total. The summed E-state index contributed by atoms with van der Waals surface area (Å²) in [4.78, 5) is 0. The first kappa shape index (κ1) is 12.9. The van der Waals surface area contributed by atoms with Crippen LogP contribution in [-0.2, 0) is 20.0 Å². The first-order chi connectivity index (χ1) is 5.60. The molecule has 1 atom stereocenters. The van der Waals surface area contributed by atoms with Crippen molar-refractivity contribution in [1.29, 1.82) is 0 Å². The summed E-state index contributed by atoms with van der Waals surface area (Å²) in [7, 11) is -7.38. The lowest BCUT2D eigenvalue weighted by atomic mass is 10.3. The molecule has 0 unspecified atom stereocenters. The normalized spacial score (nSPS) is 16.1. The van der Waals surface area contributed by atoms with Gasteiger partial charge in [0.25, 0.3) is 0 Å². The zero-order chi connectivity index (χ0) is 10.9. The standard InChI is InChI=1S/C6H15NO4S2/c1-5-6(2)7(12(3,8)9)13(4,10)11/h6H,5H2,1-4H3/t6-/m0/s1. The molecule has 0 aliphatic rings. The summed E-state index contributed by atoms with van der Waals surface area (Å²) in [6, 6.07) is -0.523. The Hall–Kier alpha value is -0.140. The van der Waals surface area contributed by atoms with Crippen LogP contribution in [0.15, 0.2) is 0 Å². The van der Waals surface area contributed by atoms with E-state index < -0.39 is 26.1 Å². The fraction of sp³-hybridized carbons (Fsp3) is 1.00. The number of hydrogen-bond donors (Lipinski definition) is 0. The van der Waals surface area contributed by atoms with Gasteiger partial charge < -0.3 is 0 Å². The van der Waals surface area contributed by atoms with Gasteiger partial charge in [-0.3, -0.25) is 0 Å². The molecule has 0 fully saturated rings. The largest absolute Gasteiger partial charge is 0.224 e. The summed E-state index contributed by atoms with van der Waals surface area (Å²) < 4.78 is 45.0. The van der Waals surface area contributed by atoms with Crippen LogP contribution in [0.3, 0.4) is 0 Å². The van der Waals surface area contributed by atoms with E-state index in [2.05, 4.69) is 0 Å². The zero-order valence-electron chi connectivity index (χ0n) is 8.18. The summed E-state index contributed by atoms with van der Waals surface area (Å²) in [5.41, 5.74) is 0. The van der Waals surface area contributed by atoms with Crippen molar-refractivity contribution in [2.75, 3.05) is 12.5 Å². The summed E-state index contributed by atoms with van der Waals surface area (Å²) in [5.74, 6) is 0. The maximum Gasteiger partial charge on any atom is 0.224 e. The van der Waals surface area contributed by atoms with Gasteiger partial charge in [-0.1, -0.05) is 10.6 Å². The van der Waals surface area contributed by atoms with Crippen LogP contribution in [0.1, 0.15) is 20.3 Å². The molecule has 0 radical (unpaired) electrons. The Labute approximate surface area is 79.8 Å². The van der Waals surface area contributed by atoms with E-state index in [1.54, 1.807) is 13.8 Å². The van der Waals surface area contributed by atoms with Gasteiger partial charge in [0, 0.05) is 6.04 Å². The van der Waals surface area contributed by atoms with E-state index in [0.717, 1.165) is 12.5 Å². The Balaban J connectivity index is 5.27. The molecule has 0 aliphatic heterocycles. The molecule has 0 saturated carbocycles. The van der Waals surface area contributed by atoms with Crippen LogP contribution >= 0.6 is 0 Å². The van der Waals surface area contributed by atoms with Gasteiger partial charge in [-0.15, -0.1) is 0 Å². The fourth-order valence-corrected chi connectivity index (χ4v) is 4.62. The van der Waals surface area contributed by atoms with Crippen LogP contribution < -0.4 is 0 Å². The van der Waals surface area contributed by atoms with Gasteiger partial charge in [-0.05, 0) is 13.3 Å². The molecule has 0 heterocycles. The highest BCUT2D eigenvalue weighted by atomic mass is 32.3. The molecule has 7 heteroatoms. The van der Waals surface area contributed by atoms with Crippen LogP contribution in [0.4, 0.5) is 0 Å². The zero-order valence-corrected chi connectivity index (χ0v) is 9.81. The van der Waals surface area contributed by atoms with Crippen molar-refractivity contribution in [3.63, 3.8) is 0 Å². The summed E-state index contributed by atoms with van der Waals surface area (Å²) in [6.45, 7) is 3.29. The second-order valence-corrected chi connectivity index (χ2v) is 6.96. The quantitative estimate of drug-likeness (QED) is 0.680. The third kappa shape index (κ3) is 3.61. The van der Waals surface area contributed by atoms with E-state index in [1.165, 1.54) is 0 Å². The van der Waals surface area contributed by atoms with Crippen LogP contribution in [0.25, 0.3) is 0 Å². The molecule has 0 spiro atoms. The lowest BCUT2D eigenvalue weighted by molar-refractivity contribution is 0.437. The van der Waals surface area contributed by atoms with Crippen LogP contribution in [0.5, 0.6) is 0 Å². The first-order valence-electron chi connectivity index (χ1n) is 3.80. The van der Waals surface area contributed by atoms with E-state index in [1.807, 2.05) is 0 Å². The topological polar surface area (TPSA) is 71.5 Å². The van der Waals surface area contributed by atoms with Gasteiger partial charge in [-0.2, -0.15) is 0 Å².